The van der Waals surface area contributed by atoms with Crippen LogP contribution in [0.1, 0.15) is 45.2 Å². The van der Waals surface area contributed by atoms with E-state index in [-0.39, 0.29) is 29.4 Å². The average molecular weight is 445 g/mol. The lowest BCUT2D eigenvalue weighted by atomic mass is 10.0. The molecule has 166 valence electrons. The highest BCUT2D eigenvalue weighted by atomic mass is 32.2. The van der Waals surface area contributed by atoms with Crippen LogP contribution in [0.2, 0.25) is 0 Å². The van der Waals surface area contributed by atoms with Crippen molar-refractivity contribution in [3.63, 3.8) is 0 Å². The smallest absolute Gasteiger partial charge is 0.413 e. The lowest BCUT2D eigenvalue weighted by Gasteiger charge is -2.23. The number of nitrogens with zero attached hydrogens (tertiary/aromatic N) is 2. The maximum atomic E-state index is 14.5. The maximum absolute atomic E-state index is 14.5. The predicted molar refractivity (Wildman–Crippen MR) is 110 cm³/mol. The topological polar surface area (TPSA) is 103 Å². The van der Waals surface area contributed by atoms with E-state index in [9.17, 15) is 23.7 Å². The van der Waals surface area contributed by atoms with E-state index in [1.54, 1.807) is 20.8 Å². The summed E-state index contributed by atoms with van der Waals surface area (Å²) in [5.74, 6) is -0.275. The van der Waals surface area contributed by atoms with Gasteiger partial charge in [0.2, 0.25) is 0 Å². The molecular formula is C19H25F2N3O5S. The first-order valence-electron chi connectivity index (χ1n) is 9.41. The number of benzene rings is 1. The van der Waals surface area contributed by atoms with E-state index in [2.05, 4.69) is 10.3 Å². The van der Waals surface area contributed by atoms with Gasteiger partial charge in [0.15, 0.2) is 5.17 Å². The molecule has 8 nitrogen and oxygen atoms in total. The van der Waals surface area contributed by atoms with Crippen molar-refractivity contribution in [3.8, 4) is 0 Å². The SMILES string of the molecule is CC(C)(C)OC(=O)NC1=N[C@@H](c2cc([N+](=O)[O-])ccc2F)CCO[C@H](CF)CCS1. The number of carbonyl (C=O) groups excluding carboxylic acids is 1. The van der Waals surface area contributed by atoms with E-state index in [1.807, 2.05) is 0 Å². The number of nitro benzene ring substituents is 1. The molecule has 0 saturated carbocycles. The quantitative estimate of drug-likeness (QED) is 0.541. The van der Waals surface area contributed by atoms with Crippen LogP contribution >= 0.6 is 11.8 Å². The van der Waals surface area contributed by atoms with Crippen LogP contribution in [0.5, 0.6) is 0 Å². The second-order valence-electron chi connectivity index (χ2n) is 7.61. The van der Waals surface area contributed by atoms with E-state index in [0.717, 1.165) is 30.0 Å². The third-order valence-electron chi connectivity index (χ3n) is 4.03. The summed E-state index contributed by atoms with van der Waals surface area (Å²) in [6.45, 7) is 4.52. The van der Waals surface area contributed by atoms with Gasteiger partial charge in [-0.25, -0.2) is 13.6 Å². The minimum atomic E-state index is -0.874. The lowest BCUT2D eigenvalue weighted by Crippen LogP contribution is -2.36. The number of hydrogen-bond acceptors (Lipinski definition) is 7. The van der Waals surface area contributed by atoms with Crippen LogP contribution in [-0.4, -0.2) is 46.9 Å². The van der Waals surface area contributed by atoms with Crippen LogP contribution in [0.3, 0.4) is 0 Å². The van der Waals surface area contributed by atoms with Gasteiger partial charge < -0.3 is 9.47 Å². The number of rotatable bonds is 3. The van der Waals surface area contributed by atoms with Crippen molar-refractivity contribution in [2.45, 2.75) is 51.4 Å². The fourth-order valence-corrected chi connectivity index (χ4v) is 3.60. The molecule has 0 aliphatic carbocycles. The summed E-state index contributed by atoms with van der Waals surface area (Å²) in [4.78, 5) is 27.1. The Kier molecular flexibility index (Phi) is 8.54. The number of amides is 1. The Morgan fingerprint density at radius 3 is 2.80 bits per heavy atom. The van der Waals surface area contributed by atoms with Crippen LogP contribution in [0, 0.1) is 15.9 Å². The summed E-state index contributed by atoms with van der Waals surface area (Å²) in [5.41, 5.74) is -1.02. The third kappa shape index (κ3) is 7.52. The molecule has 1 aromatic rings. The maximum Gasteiger partial charge on any atom is 0.413 e. The molecule has 1 N–H and O–H groups in total. The number of ether oxygens (including phenoxy) is 2. The lowest BCUT2D eigenvalue weighted by molar-refractivity contribution is -0.385. The number of hydrogen-bond donors (Lipinski definition) is 1. The molecule has 0 fully saturated rings. The number of carbonyl (C=O) groups is 1. The molecule has 11 heteroatoms. The molecule has 1 amide bonds. The van der Waals surface area contributed by atoms with E-state index in [1.165, 1.54) is 0 Å². The van der Waals surface area contributed by atoms with Crippen molar-refractivity contribution in [2.75, 3.05) is 19.0 Å². The molecule has 0 spiro atoms. The van der Waals surface area contributed by atoms with Crippen molar-refractivity contribution in [1.82, 2.24) is 5.32 Å². The molecule has 30 heavy (non-hydrogen) atoms. The molecule has 2 atom stereocenters. The van der Waals surface area contributed by atoms with Gasteiger partial charge in [-0.2, -0.15) is 0 Å². The number of non-ortho nitro benzene ring substituents is 1. The summed E-state index contributed by atoms with van der Waals surface area (Å²) >= 11 is 1.14. The summed E-state index contributed by atoms with van der Waals surface area (Å²) in [7, 11) is 0. The highest BCUT2D eigenvalue weighted by molar-refractivity contribution is 8.13. The Morgan fingerprint density at radius 1 is 1.43 bits per heavy atom. The number of thioether (sulfide) groups is 1. The Bertz CT molecular complexity index is 801. The van der Waals surface area contributed by atoms with Crippen molar-refractivity contribution in [2.24, 2.45) is 4.99 Å². The monoisotopic (exact) mass is 445 g/mol. The van der Waals surface area contributed by atoms with Crippen molar-refractivity contribution >= 4 is 28.7 Å². The molecule has 0 radical (unpaired) electrons. The first kappa shape index (κ1) is 24.0. The molecular weight excluding hydrogens is 420 g/mol. The van der Waals surface area contributed by atoms with Crippen LogP contribution in [0.25, 0.3) is 0 Å². The van der Waals surface area contributed by atoms with E-state index in [0.29, 0.717) is 12.2 Å². The summed E-state index contributed by atoms with van der Waals surface area (Å²) in [5, 5.41) is 13.8. The Balaban J connectivity index is 2.36. The van der Waals surface area contributed by atoms with Crippen LogP contribution in [-0.2, 0) is 9.47 Å². The van der Waals surface area contributed by atoms with E-state index < -0.39 is 41.3 Å². The molecule has 1 aliphatic rings. The van der Waals surface area contributed by atoms with E-state index >= 15 is 0 Å². The van der Waals surface area contributed by atoms with Gasteiger partial charge in [0, 0.05) is 30.1 Å². The fourth-order valence-electron chi connectivity index (χ4n) is 2.67. The molecule has 1 aromatic carbocycles. The minimum Gasteiger partial charge on any atom is -0.444 e. The van der Waals surface area contributed by atoms with Gasteiger partial charge in [-0.05, 0) is 39.7 Å². The number of aliphatic imine (C=N–C) groups is 1. The number of alkyl halides is 1. The zero-order valence-corrected chi connectivity index (χ0v) is 17.8. The first-order valence-corrected chi connectivity index (χ1v) is 10.4. The number of halogens is 2. The van der Waals surface area contributed by atoms with Crippen molar-refractivity contribution < 1.29 is 28.0 Å². The normalized spacial score (nSPS) is 20.8. The Labute approximate surface area is 177 Å². The summed E-state index contributed by atoms with van der Waals surface area (Å²) in [6.07, 6.45) is -0.822. The summed E-state index contributed by atoms with van der Waals surface area (Å²) < 4.78 is 38.4. The minimum absolute atomic E-state index is 0.00531. The summed E-state index contributed by atoms with van der Waals surface area (Å²) in [6, 6.07) is 2.30. The van der Waals surface area contributed by atoms with Gasteiger partial charge >= 0.3 is 6.09 Å². The third-order valence-corrected chi connectivity index (χ3v) is 4.95. The largest absolute Gasteiger partial charge is 0.444 e. The molecule has 0 saturated heterocycles. The molecule has 1 aliphatic heterocycles. The zero-order chi connectivity index (χ0) is 22.3. The highest BCUT2D eigenvalue weighted by Gasteiger charge is 2.24. The fraction of sp³-hybridized carbons (Fsp3) is 0.579. The predicted octanol–water partition coefficient (Wildman–Crippen LogP) is 4.54. The zero-order valence-electron chi connectivity index (χ0n) is 17.0. The van der Waals surface area contributed by atoms with Gasteiger partial charge in [-0.15, -0.1) is 0 Å². The second-order valence-corrected chi connectivity index (χ2v) is 8.70. The van der Waals surface area contributed by atoms with Crippen LogP contribution < -0.4 is 5.32 Å². The van der Waals surface area contributed by atoms with Crippen LogP contribution in [0.15, 0.2) is 23.2 Å². The van der Waals surface area contributed by atoms with Crippen molar-refractivity contribution in [1.29, 1.82) is 0 Å². The van der Waals surface area contributed by atoms with Gasteiger partial charge in [-0.1, -0.05) is 11.8 Å². The molecule has 2 rings (SSSR count). The first-order chi connectivity index (χ1) is 14.1. The van der Waals surface area contributed by atoms with Gasteiger partial charge in [-0.3, -0.25) is 20.4 Å². The molecule has 0 bridgehead atoms. The van der Waals surface area contributed by atoms with Gasteiger partial charge in [0.1, 0.15) is 18.1 Å². The van der Waals surface area contributed by atoms with E-state index in [4.69, 9.17) is 9.47 Å². The standard InChI is InChI=1S/C19H25F2N3O5S/c1-19(2,3)29-18(25)23-17-22-16(6-8-28-13(11-20)7-9-30-17)14-10-12(24(26)27)4-5-15(14)21/h4-5,10,13,16H,6-9,11H2,1-3H3,(H,22,23,25)/t13-,16+/m0/s1. The Hall–Kier alpha value is -2.27. The molecule has 0 unspecified atom stereocenters. The number of nitro groups is 1. The van der Waals surface area contributed by atoms with Gasteiger partial charge in [0.25, 0.3) is 5.69 Å². The van der Waals surface area contributed by atoms with Gasteiger partial charge in [0.05, 0.1) is 17.1 Å². The highest BCUT2D eigenvalue weighted by Crippen LogP contribution is 2.30. The second kappa shape index (κ2) is 10.7. The number of nitrogens with one attached hydrogen (secondary N) is 1. The molecule has 0 aromatic heterocycles. The Morgan fingerprint density at radius 2 is 2.17 bits per heavy atom. The molecule has 1 heterocycles. The number of alkyl carbamates (subject to hydrolysis) is 1. The average Bonchev–Trinajstić information content (AvgIpc) is 2.64. The van der Waals surface area contributed by atoms with Crippen molar-refractivity contribution in [3.05, 3.63) is 39.7 Å². The number of amidine groups is 1. The van der Waals surface area contributed by atoms with Crippen LogP contribution in [0.4, 0.5) is 19.3 Å².